The topological polar surface area (TPSA) is 118 Å². The van der Waals surface area contributed by atoms with Gasteiger partial charge in [-0.15, -0.1) is 12.4 Å². The molecule has 1 aliphatic rings. The lowest BCUT2D eigenvalue weighted by molar-refractivity contribution is 0.461. The molecule has 4 aromatic rings. The van der Waals surface area contributed by atoms with E-state index in [1.165, 1.54) is 12.1 Å². The summed E-state index contributed by atoms with van der Waals surface area (Å²) in [5.41, 5.74) is 2.30. The van der Waals surface area contributed by atoms with Gasteiger partial charge in [0.05, 0.1) is 22.0 Å². The molecule has 0 saturated carbocycles. The van der Waals surface area contributed by atoms with Gasteiger partial charge < -0.3 is 15.4 Å². The monoisotopic (exact) mass is 586 g/mol. The third-order valence-electron chi connectivity index (χ3n) is 6.19. The van der Waals surface area contributed by atoms with Gasteiger partial charge in [0, 0.05) is 30.5 Å². The predicted molar refractivity (Wildman–Crippen MR) is 156 cm³/mol. The number of halogens is 2. The highest BCUT2D eigenvalue weighted by atomic mass is 35.5. The van der Waals surface area contributed by atoms with Crippen molar-refractivity contribution in [1.29, 1.82) is 0 Å². The van der Waals surface area contributed by atoms with E-state index in [1.807, 2.05) is 12.1 Å². The zero-order valence-electron chi connectivity index (χ0n) is 21.1. The fraction of sp³-hybridized carbons (Fsp3) is 0.222. The lowest BCUT2D eigenvalue weighted by atomic mass is 10.1. The number of sulfonamides is 1. The van der Waals surface area contributed by atoms with Crippen LogP contribution in [0.4, 0.5) is 11.6 Å². The molecule has 204 valence electrons. The standard InChI is InChI=1S/C27H27ClN6O3S.ClH/c1-18-22(34-38(35,36)25-12-3-2-9-21(25)28)10-4-11-24(18)37-26-20(8-6-15-30-26)23-13-16-31-27(33-23)32-19-7-5-14-29-17-19;/h2-4,6,8-13,15-16,19,29,34H,5,7,14,17H2,1H3,(H,31,32,33);1H/t19-;/m0./s1. The fourth-order valence-corrected chi connectivity index (χ4v) is 5.85. The third kappa shape index (κ3) is 6.77. The highest BCUT2D eigenvalue weighted by Crippen LogP contribution is 2.35. The number of anilines is 2. The summed E-state index contributed by atoms with van der Waals surface area (Å²) < 4.78 is 34.8. The number of benzene rings is 2. The van der Waals surface area contributed by atoms with Gasteiger partial charge in [-0.05, 0) is 68.8 Å². The van der Waals surface area contributed by atoms with Gasteiger partial charge in [0.1, 0.15) is 10.6 Å². The number of pyridine rings is 1. The van der Waals surface area contributed by atoms with Gasteiger partial charge in [-0.3, -0.25) is 4.72 Å². The summed E-state index contributed by atoms with van der Waals surface area (Å²) in [6.07, 6.45) is 5.49. The van der Waals surface area contributed by atoms with Crippen LogP contribution in [0.1, 0.15) is 18.4 Å². The molecule has 12 heteroatoms. The first-order valence-corrected chi connectivity index (χ1v) is 14.1. The molecule has 0 spiro atoms. The molecule has 0 radical (unpaired) electrons. The zero-order chi connectivity index (χ0) is 26.5. The van der Waals surface area contributed by atoms with Gasteiger partial charge in [0.15, 0.2) is 0 Å². The Morgan fingerprint density at radius 3 is 2.67 bits per heavy atom. The Hall–Kier alpha value is -3.44. The molecule has 1 aliphatic heterocycles. The molecule has 3 N–H and O–H groups in total. The van der Waals surface area contributed by atoms with Crippen LogP contribution in [0.15, 0.2) is 78.0 Å². The Labute approximate surface area is 238 Å². The van der Waals surface area contributed by atoms with Crippen LogP contribution in [0.25, 0.3) is 11.3 Å². The molecule has 5 rings (SSSR count). The van der Waals surface area contributed by atoms with E-state index < -0.39 is 10.0 Å². The summed E-state index contributed by atoms with van der Waals surface area (Å²) in [5, 5.41) is 6.91. The minimum absolute atomic E-state index is 0. The minimum Gasteiger partial charge on any atom is -0.438 e. The summed E-state index contributed by atoms with van der Waals surface area (Å²) in [4.78, 5) is 13.5. The molecule has 39 heavy (non-hydrogen) atoms. The molecule has 1 atom stereocenters. The Bertz CT molecular complexity index is 1550. The van der Waals surface area contributed by atoms with E-state index in [1.54, 1.807) is 55.7 Å². The molecule has 0 bridgehead atoms. The molecule has 0 amide bonds. The van der Waals surface area contributed by atoms with Gasteiger partial charge in [0.2, 0.25) is 11.8 Å². The number of ether oxygens (including phenoxy) is 1. The van der Waals surface area contributed by atoms with E-state index in [9.17, 15) is 8.42 Å². The SMILES string of the molecule is Cc1c(NS(=O)(=O)c2ccccc2Cl)cccc1Oc1ncccc1-c1ccnc(N[C@H]2CCCNC2)n1.Cl. The van der Waals surface area contributed by atoms with Crippen molar-refractivity contribution in [2.45, 2.75) is 30.7 Å². The molecule has 2 aromatic heterocycles. The zero-order valence-corrected chi connectivity index (χ0v) is 23.5. The average Bonchev–Trinajstić information content (AvgIpc) is 2.92. The Morgan fingerprint density at radius 2 is 1.87 bits per heavy atom. The molecular formula is C27H28Cl2N6O3S. The van der Waals surface area contributed by atoms with Crippen molar-refractivity contribution in [3.8, 4) is 22.9 Å². The van der Waals surface area contributed by atoms with Crippen LogP contribution >= 0.6 is 24.0 Å². The van der Waals surface area contributed by atoms with E-state index in [0.717, 1.165) is 25.9 Å². The van der Waals surface area contributed by atoms with Crippen LogP contribution in [-0.4, -0.2) is 42.5 Å². The van der Waals surface area contributed by atoms with E-state index >= 15 is 0 Å². The number of aromatic nitrogens is 3. The normalized spacial score (nSPS) is 15.2. The first-order valence-electron chi connectivity index (χ1n) is 12.2. The van der Waals surface area contributed by atoms with Crippen LogP contribution in [-0.2, 0) is 10.0 Å². The molecule has 2 aromatic carbocycles. The predicted octanol–water partition coefficient (Wildman–Crippen LogP) is 5.68. The Kier molecular flexibility index (Phi) is 9.24. The third-order valence-corrected chi connectivity index (χ3v) is 8.06. The van der Waals surface area contributed by atoms with Crippen molar-refractivity contribution in [2.75, 3.05) is 23.1 Å². The largest absolute Gasteiger partial charge is 0.438 e. The van der Waals surface area contributed by atoms with E-state index in [4.69, 9.17) is 21.3 Å². The first-order chi connectivity index (χ1) is 18.4. The molecule has 1 saturated heterocycles. The molecule has 1 fully saturated rings. The number of nitrogens with one attached hydrogen (secondary N) is 3. The second kappa shape index (κ2) is 12.6. The summed E-state index contributed by atoms with van der Waals surface area (Å²) in [6.45, 7) is 3.66. The molecule has 0 unspecified atom stereocenters. The summed E-state index contributed by atoms with van der Waals surface area (Å²) in [7, 11) is -3.91. The Morgan fingerprint density at radius 1 is 1.03 bits per heavy atom. The second-order valence-electron chi connectivity index (χ2n) is 8.88. The van der Waals surface area contributed by atoms with Gasteiger partial charge in [-0.2, -0.15) is 0 Å². The van der Waals surface area contributed by atoms with Crippen LogP contribution in [0.5, 0.6) is 11.6 Å². The van der Waals surface area contributed by atoms with Gasteiger partial charge in [-0.1, -0.05) is 29.8 Å². The van der Waals surface area contributed by atoms with Crippen LogP contribution in [0, 0.1) is 6.92 Å². The minimum atomic E-state index is -3.91. The summed E-state index contributed by atoms with van der Waals surface area (Å²) >= 11 is 6.12. The fourth-order valence-electron chi connectivity index (χ4n) is 4.21. The van der Waals surface area contributed by atoms with Crippen molar-refractivity contribution in [1.82, 2.24) is 20.3 Å². The maximum Gasteiger partial charge on any atom is 0.263 e. The highest BCUT2D eigenvalue weighted by Gasteiger charge is 2.20. The quantitative estimate of drug-likeness (QED) is 0.241. The van der Waals surface area contributed by atoms with E-state index in [2.05, 4.69) is 25.3 Å². The molecule has 0 aliphatic carbocycles. The van der Waals surface area contributed by atoms with Crippen molar-refractivity contribution >= 4 is 45.7 Å². The van der Waals surface area contributed by atoms with Gasteiger partial charge in [-0.25, -0.2) is 23.4 Å². The van der Waals surface area contributed by atoms with Crippen molar-refractivity contribution in [3.63, 3.8) is 0 Å². The lowest BCUT2D eigenvalue weighted by Gasteiger charge is -2.23. The van der Waals surface area contributed by atoms with E-state index in [0.29, 0.717) is 40.1 Å². The van der Waals surface area contributed by atoms with Gasteiger partial charge >= 0.3 is 0 Å². The summed E-state index contributed by atoms with van der Waals surface area (Å²) in [5.74, 6) is 1.33. The van der Waals surface area contributed by atoms with Crippen LogP contribution in [0.2, 0.25) is 5.02 Å². The smallest absolute Gasteiger partial charge is 0.263 e. The first kappa shape index (κ1) is 28.6. The molecular weight excluding hydrogens is 559 g/mol. The number of hydrogen-bond acceptors (Lipinski definition) is 8. The van der Waals surface area contributed by atoms with Crippen molar-refractivity contribution in [2.24, 2.45) is 0 Å². The highest BCUT2D eigenvalue weighted by molar-refractivity contribution is 7.92. The molecule has 3 heterocycles. The second-order valence-corrected chi connectivity index (χ2v) is 10.9. The Balaban J connectivity index is 0.00000353. The lowest BCUT2D eigenvalue weighted by Crippen LogP contribution is -2.38. The van der Waals surface area contributed by atoms with Crippen LogP contribution < -0.4 is 20.1 Å². The molecule has 9 nitrogen and oxygen atoms in total. The number of rotatable bonds is 8. The average molecular weight is 588 g/mol. The van der Waals surface area contributed by atoms with Crippen molar-refractivity contribution < 1.29 is 13.2 Å². The summed E-state index contributed by atoms with van der Waals surface area (Å²) in [6, 6.07) is 17.2. The number of piperidine rings is 1. The number of hydrogen-bond donors (Lipinski definition) is 3. The van der Waals surface area contributed by atoms with Crippen LogP contribution in [0.3, 0.4) is 0 Å². The van der Waals surface area contributed by atoms with E-state index in [-0.39, 0.29) is 28.4 Å². The number of nitrogens with zero attached hydrogens (tertiary/aromatic N) is 3. The van der Waals surface area contributed by atoms with Gasteiger partial charge in [0.25, 0.3) is 10.0 Å². The maximum atomic E-state index is 13.0. The maximum absolute atomic E-state index is 13.0. The van der Waals surface area contributed by atoms with Crippen molar-refractivity contribution in [3.05, 3.63) is 83.6 Å².